The van der Waals surface area contributed by atoms with E-state index in [-0.39, 0.29) is 6.04 Å². The minimum Gasteiger partial charge on any atom is -0.349 e. The topological polar surface area (TPSA) is 63.1 Å². The Labute approximate surface area is 131 Å². The Morgan fingerprint density at radius 2 is 2.29 bits per heavy atom. The first-order valence-electron chi connectivity index (χ1n) is 7.50. The van der Waals surface area contributed by atoms with Crippen LogP contribution in [0.5, 0.6) is 0 Å². The molecular weight excluding hydrogens is 306 g/mol. The highest BCUT2D eigenvalue weighted by atomic mass is 32.2. The molecule has 1 saturated heterocycles. The van der Waals surface area contributed by atoms with Crippen LogP contribution in [0, 0.1) is 0 Å². The van der Waals surface area contributed by atoms with Crippen molar-refractivity contribution in [3.05, 3.63) is 18.0 Å². The molecule has 2 rings (SSSR count). The Balaban J connectivity index is 2.16. The maximum atomic E-state index is 12.5. The third kappa shape index (κ3) is 4.48. The molecule has 0 amide bonds. The molecule has 1 aliphatic heterocycles. The van der Waals surface area contributed by atoms with Crippen molar-refractivity contribution < 1.29 is 8.42 Å². The number of rotatable bonds is 7. The lowest BCUT2D eigenvalue weighted by Crippen LogP contribution is -2.38. The van der Waals surface area contributed by atoms with Crippen LogP contribution in [0.1, 0.15) is 31.9 Å². The summed E-state index contributed by atoms with van der Waals surface area (Å²) in [6.45, 7) is 3.61. The number of nitrogens with one attached hydrogen (secondary N) is 2. The molecule has 0 bridgehead atoms. The van der Waals surface area contributed by atoms with E-state index < -0.39 is 10.0 Å². The molecule has 1 fully saturated rings. The van der Waals surface area contributed by atoms with Gasteiger partial charge in [0.15, 0.2) is 0 Å². The molecule has 1 atom stereocenters. The van der Waals surface area contributed by atoms with E-state index in [4.69, 9.17) is 0 Å². The van der Waals surface area contributed by atoms with Crippen LogP contribution in [-0.2, 0) is 23.1 Å². The van der Waals surface area contributed by atoms with Crippen LogP contribution in [0.15, 0.2) is 17.2 Å². The Morgan fingerprint density at radius 1 is 1.48 bits per heavy atom. The molecule has 120 valence electrons. The van der Waals surface area contributed by atoms with Gasteiger partial charge in [-0.2, -0.15) is 11.8 Å². The first-order chi connectivity index (χ1) is 10.1. The SMILES string of the molecule is CCCn1cc(S(=O)(=O)NC2CCCSC2)cc1CNC. The second-order valence-corrected chi connectivity index (χ2v) is 8.29. The highest BCUT2D eigenvalue weighted by Gasteiger charge is 2.23. The summed E-state index contributed by atoms with van der Waals surface area (Å²) < 4.78 is 29.9. The fraction of sp³-hybridized carbons (Fsp3) is 0.714. The fourth-order valence-corrected chi connectivity index (χ4v) is 5.08. The second-order valence-electron chi connectivity index (χ2n) is 5.43. The normalized spacial score (nSPS) is 19.8. The fourth-order valence-electron chi connectivity index (χ4n) is 2.57. The van der Waals surface area contributed by atoms with Crippen LogP contribution in [0.2, 0.25) is 0 Å². The summed E-state index contributed by atoms with van der Waals surface area (Å²) >= 11 is 1.82. The average molecular weight is 332 g/mol. The van der Waals surface area contributed by atoms with Gasteiger partial charge < -0.3 is 9.88 Å². The Kier molecular flexibility index (Phi) is 6.16. The zero-order valence-corrected chi connectivity index (χ0v) is 14.4. The van der Waals surface area contributed by atoms with Gasteiger partial charge in [0.05, 0.1) is 4.90 Å². The van der Waals surface area contributed by atoms with Gasteiger partial charge in [0, 0.05) is 36.8 Å². The molecule has 0 saturated carbocycles. The van der Waals surface area contributed by atoms with E-state index in [0.29, 0.717) is 11.4 Å². The summed E-state index contributed by atoms with van der Waals surface area (Å²) in [6, 6.07) is 1.85. The summed E-state index contributed by atoms with van der Waals surface area (Å²) in [5.41, 5.74) is 1.01. The Morgan fingerprint density at radius 3 is 2.90 bits per heavy atom. The van der Waals surface area contributed by atoms with E-state index >= 15 is 0 Å². The van der Waals surface area contributed by atoms with Gasteiger partial charge in [-0.1, -0.05) is 6.92 Å². The van der Waals surface area contributed by atoms with E-state index in [1.807, 2.05) is 23.4 Å². The van der Waals surface area contributed by atoms with Crippen LogP contribution in [0.25, 0.3) is 0 Å². The Hall–Kier alpha value is -0.500. The van der Waals surface area contributed by atoms with E-state index in [9.17, 15) is 8.42 Å². The van der Waals surface area contributed by atoms with Gasteiger partial charge in [0.2, 0.25) is 10.0 Å². The van der Waals surface area contributed by atoms with E-state index in [0.717, 1.165) is 43.0 Å². The monoisotopic (exact) mass is 331 g/mol. The van der Waals surface area contributed by atoms with E-state index in [1.54, 1.807) is 12.3 Å². The standard InChI is InChI=1S/C14H25N3O2S2/c1-3-6-17-10-14(8-13(17)9-15-2)21(18,19)16-12-5-4-7-20-11-12/h8,10,12,15-16H,3-7,9,11H2,1-2H3. The highest BCUT2D eigenvalue weighted by molar-refractivity contribution is 7.99. The number of thioether (sulfide) groups is 1. The van der Waals surface area contributed by atoms with Crippen LogP contribution in [-0.4, -0.2) is 37.6 Å². The lowest BCUT2D eigenvalue weighted by atomic mass is 10.2. The third-order valence-electron chi connectivity index (χ3n) is 3.58. The third-order valence-corrected chi connectivity index (χ3v) is 6.28. The number of nitrogens with zero attached hydrogens (tertiary/aromatic N) is 1. The van der Waals surface area contributed by atoms with Crippen molar-refractivity contribution in [2.75, 3.05) is 18.6 Å². The second kappa shape index (κ2) is 7.67. The molecule has 1 aromatic heterocycles. The summed E-state index contributed by atoms with van der Waals surface area (Å²) in [5, 5.41) is 3.09. The maximum Gasteiger partial charge on any atom is 0.242 e. The minimum absolute atomic E-state index is 0.0658. The highest BCUT2D eigenvalue weighted by Crippen LogP contribution is 2.20. The summed E-state index contributed by atoms with van der Waals surface area (Å²) in [4.78, 5) is 0.386. The number of aryl methyl sites for hydroxylation is 1. The van der Waals surface area contributed by atoms with Crippen LogP contribution in [0.3, 0.4) is 0 Å². The predicted molar refractivity (Wildman–Crippen MR) is 88.2 cm³/mol. The lowest BCUT2D eigenvalue weighted by Gasteiger charge is -2.21. The first-order valence-corrected chi connectivity index (χ1v) is 10.1. The van der Waals surface area contributed by atoms with Crippen molar-refractivity contribution in [3.8, 4) is 0 Å². The number of aromatic nitrogens is 1. The Bertz CT molecular complexity index is 525. The largest absolute Gasteiger partial charge is 0.349 e. The molecule has 0 aliphatic carbocycles. The zero-order valence-electron chi connectivity index (χ0n) is 12.8. The van der Waals surface area contributed by atoms with Gasteiger partial charge in [-0.05, 0) is 38.1 Å². The zero-order chi connectivity index (χ0) is 15.3. The van der Waals surface area contributed by atoms with Crippen molar-refractivity contribution >= 4 is 21.8 Å². The van der Waals surface area contributed by atoms with Gasteiger partial charge in [-0.15, -0.1) is 0 Å². The van der Waals surface area contributed by atoms with Crippen molar-refractivity contribution in [2.45, 2.75) is 50.2 Å². The number of hydrogen-bond acceptors (Lipinski definition) is 4. The van der Waals surface area contributed by atoms with Crippen molar-refractivity contribution in [1.82, 2.24) is 14.6 Å². The molecule has 2 N–H and O–H groups in total. The number of sulfonamides is 1. The van der Waals surface area contributed by atoms with Crippen molar-refractivity contribution in [2.24, 2.45) is 0 Å². The minimum atomic E-state index is -3.41. The van der Waals surface area contributed by atoms with Gasteiger partial charge in [0.1, 0.15) is 0 Å². The summed E-state index contributed by atoms with van der Waals surface area (Å²) in [7, 11) is -1.54. The van der Waals surface area contributed by atoms with Crippen LogP contribution in [0.4, 0.5) is 0 Å². The number of hydrogen-bond donors (Lipinski definition) is 2. The quantitative estimate of drug-likeness (QED) is 0.800. The van der Waals surface area contributed by atoms with Gasteiger partial charge in [-0.25, -0.2) is 13.1 Å². The van der Waals surface area contributed by atoms with Gasteiger partial charge in [0.25, 0.3) is 0 Å². The van der Waals surface area contributed by atoms with E-state index in [2.05, 4.69) is 17.0 Å². The van der Waals surface area contributed by atoms with Crippen molar-refractivity contribution in [3.63, 3.8) is 0 Å². The molecule has 1 unspecified atom stereocenters. The average Bonchev–Trinajstić information content (AvgIpc) is 2.85. The molecule has 21 heavy (non-hydrogen) atoms. The molecule has 0 radical (unpaired) electrons. The molecule has 5 nitrogen and oxygen atoms in total. The van der Waals surface area contributed by atoms with Crippen molar-refractivity contribution in [1.29, 1.82) is 0 Å². The van der Waals surface area contributed by atoms with Crippen LogP contribution < -0.4 is 10.0 Å². The maximum absolute atomic E-state index is 12.5. The smallest absolute Gasteiger partial charge is 0.242 e. The first kappa shape index (κ1) is 16.9. The molecule has 1 aromatic rings. The van der Waals surface area contributed by atoms with Crippen LogP contribution >= 0.6 is 11.8 Å². The lowest BCUT2D eigenvalue weighted by molar-refractivity contribution is 0.542. The molecule has 0 aromatic carbocycles. The van der Waals surface area contributed by atoms with Gasteiger partial charge >= 0.3 is 0 Å². The van der Waals surface area contributed by atoms with E-state index in [1.165, 1.54) is 0 Å². The molecule has 0 spiro atoms. The predicted octanol–water partition coefficient (Wildman–Crippen LogP) is 1.79. The van der Waals surface area contributed by atoms with Gasteiger partial charge in [-0.3, -0.25) is 0 Å². The molecule has 7 heteroatoms. The molecule has 1 aliphatic rings. The molecule has 2 heterocycles. The summed E-state index contributed by atoms with van der Waals surface area (Å²) in [5.74, 6) is 2.01. The molecular formula is C14H25N3O2S2. The summed E-state index contributed by atoms with van der Waals surface area (Å²) in [6.07, 6.45) is 4.76.